The van der Waals surface area contributed by atoms with Crippen LogP contribution in [0.25, 0.3) is 0 Å². The second-order valence-electron chi connectivity index (χ2n) is 7.88. The molecule has 7 nitrogen and oxygen atoms in total. The largest absolute Gasteiger partial charge is 0.468 e. The van der Waals surface area contributed by atoms with Crippen molar-refractivity contribution in [2.75, 3.05) is 20.4 Å². The molecule has 2 unspecified atom stereocenters. The van der Waals surface area contributed by atoms with Crippen molar-refractivity contribution in [3.05, 3.63) is 35.9 Å². The lowest BCUT2D eigenvalue weighted by atomic mass is 9.85. The Balaban J connectivity index is 1.91. The molecule has 172 valence electrons. The fraction of sp³-hybridized carbons (Fsp3) is 0.625. The summed E-state index contributed by atoms with van der Waals surface area (Å²) < 4.78 is 15.3. The predicted octanol–water partition coefficient (Wildman–Crippen LogP) is 4.80. The molecule has 2 atom stereocenters. The SMILES string of the molecule is CCCCCCCC(=O)OCOC(=O)N1CCCCC1C(C(=O)OC)c1ccccc1. The van der Waals surface area contributed by atoms with Gasteiger partial charge in [0.05, 0.1) is 13.2 Å². The number of nitrogens with zero attached hydrogens (tertiary/aromatic N) is 1. The number of piperidine rings is 1. The van der Waals surface area contributed by atoms with Crippen molar-refractivity contribution < 1.29 is 28.6 Å². The molecule has 1 amide bonds. The van der Waals surface area contributed by atoms with Gasteiger partial charge in [0.1, 0.15) is 5.92 Å². The molecule has 1 fully saturated rings. The van der Waals surface area contributed by atoms with Gasteiger partial charge in [-0.15, -0.1) is 0 Å². The molecule has 7 heteroatoms. The highest BCUT2D eigenvalue weighted by Crippen LogP contribution is 2.32. The van der Waals surface area contributed by atoms with Gasteiger partial charge in [-0.05, 0) is 31.2 Å². The zero-order chi connectivity index (χ0) is 22.5. The van der Waals surface area contributed by atoms with E-state index in [9.17, 15) is 14.4 Å². The third-order valence-electron chi connectivity index (χ3n) is 5.67. The fourth-order valence-corrected chi connectivity index (χ4v) is 4.01. The zero-order valence-corrected chi connectivity index (χ0v) is 18.7. The molecule has 1 aromatic carbocycles. The van der Waals surface area contributed by atoms with Crippen molar-refractivity contribution in [3.63, 3.8) is 0 Å². The molecular weight excluding hydrogens is 398 g/mol. The summed E-state index contributed by atoms with van der Waals surface area (Å²) in [5, 5.41) is 0. The summed E-state index contributed by atoms with van der Waals surface area (Å²) in [6, 6.07) is 8.95. The number of amides is 1. The molecule has 1 saturated heterocycles. The monoisotopic (exact) mass is 433 g/mol. The van der Waals surface area contributed by atoms with Gasteiger partial charge >= 0.3 is 18.0 Å². The first-order valence-electron chi connectivity index (χ1n) is 11.3. The van der Waals surface area contributed by atoms with Crippen molar-refractivity contribution in [1.29, 1.82) is 0 Å². The Labute approximate surface area is 185 Å². The number of methoxy groups -OCH3 is 1. The van der Waals surface area contributed by atoms with E-state index in [4.69, 9.17) is 14.2 Å². The highest BCUT2D eigenvalue weighted by molar-refractivity contribution is 5.80. The first kappa shape index (κ1) is 24.7. The predicted molar refractivity (Wildman–Crippen MR) is 116 cm³/mol. The van der Waals surface area contributed by atoms with Crippen molar-refractivity contribution >= 4 is 18.0 Å². The van der Waals surface area contributed by atoms with Gasteiger partial charge in [-0.3, -0.25) is 9.59 Å². The Bertz CT molecular complexity index is 693. The minimum absolute atomic E-state index is 0.325. The molecule has 0 radical (unpaired) electrons. The van der Waals surface area contributed by atoms with Crippen molar-refractivity contribution in [2.24, 2.45) is 0 Å². The smallest absolute Gasteiger partial charge is 0.412 e. The Kier molecular flexibility index (Phi) is 10.9. The molecule has 31 heavy (non-hydrogen) atoms. The Morgan fingerprint density at radius 1 is 1.03 bits per heavy atom. The molecule has 0 N–H and O–H groups in total. The number of carbonyl (C=O) groups excluding carboxylic acids is 3. The molecule has 1 aromatic rings. The van der Waals surface area contributed by atoms with Crippen LogP contribution in [-0.4, -0.2) is 49.4 Å². The lowest BCUT2D eigenvalue weighted by molar-refractivity contribution is -0.152. The summed E-state index contributed by atoms with van der Waals surface area (Å²) >= 11 is 0. The quantitative estimate of drug-likeness (QED) is 0.283. The Morgan fingerprint density at radius 2 is 1.77 bits per heavy atom. The highest BCUT2D eigenvalue weighted by Gasteiger charge is 2.39. The van der Waals surface area contributed by atoms with Gasteiger partial charge in [0.15, 0.2) is 0 Å². The van der Waals surface area contributed by atoms with Gasteiger partial charge in [-0.1, -0.05) is 62.9 Å². The van der Waals surface area contributed by atoms with Crippen molar-refractivity contribution in [1.82, 2.24) is 4.90 Å². The van der Waals surface area contributed by atoms with Gasteiger partial charge in [0, 0.05) is 13.0 Å². The third-order valence-corrected chi connectivity index (χ3v) is 5.67. The van der Waals surface area contributed by atoms with Crippen LogP contribution in [0.5, 0.6) is 0 Å². The first-order valence-corrected chi connectivity index (χ1v) is 11.3. The van der Waals surface area contributed by atoms with Crippen LogP contribution in [0.2, 0.25) is 0 Å². The summed E-state index contributed by atoms with van der Waals surface area (Å²) in [6.45, 7) is 2.21. The van der Waals surface area contributed by atoms with E-state index in [1.807, 2.05) is 30.3 Å². The van der Waals surface area contributed by atoms with E-state index in [1.165, 1.54) is 13.5 Å². The van der Waals surface area contributed by atoms with Gasteiger partial charge in [-0.2, -0.15) is 0 Å². The standard InChI is InChI=1S/C24H35NO6/c1-3-4-5-6-10-16-21(26)30-18-31-24(28)25-17-12-11-15-20(25)22(23(27)29-2)19-13-8-7-9-14-19/h7-9,13-14,20,22H,3-6,10-12,15-18H2,1-2H3. The molecule has 1 aliphatic heterocycles. The van der Waals surface area contributed by atoms with Gasteiger partial charge in [-0.25, -0.2) is 4.79 Å². The van der Waals surface area contributed by atoms with Gasteiger partial charge in [0.2, 0.25) is 6.79 Å². The number of hydrogen-bond donors (Lipinski definition) is 0. The minimum atomic E-state index is -0.593. The number of benzene rings is 1. The average molecular weight is 434 g/mol. The number of ether oxygens (including phenoxy) is 3. The number of carbonyl (C=O) groups is 3. The fourth-order valence-electron chi connectivity index (χ4n) is 4.01. The maximum atomic E-state index is 12.7. The average Bonchev–Trinajstić information content (AvgIpc) is 2.80. The van der Waals surface area contributed by atoms with Crippen molar-refractivity contribution in [3.8, 4) is 0 Å². The van der Waals surface area contributed by atoms with E-state index in [0.717, 1.165) is 44.1 Å². The van der Waals surface area contributed by atoms with Crippen LogP contribution < -0.4 is 0 Å². The van der Waals surface area contributed by atoms with Crippen LogP contribution in [0.4, 0.5) is 4.79 Å². The zero-order valence-electron chi connectivity index (χ0n) is 18.7. The van der Waals surface area contributed by atoms with E-state index in [-0.39, 0.29) is 18.0 Å². The summed E-state index contributed by atoms with van der Waals surface area (Å²) in [4.78, 5) is 38.7. The molecule has 0 spiro atoms. The number of hydrogen-bond acceptors (Lipinski definition) is 6. The molecular formula is C24H35NO6. The number of rotatable bonds is 11. The van der Waals surface area contributed by atoms with E-state index in [1.54, 1.807) is 4.90 Å². The summed E-state index contributed by atoms with van der Waals surface area (Å²) in [6.07, 6.45) is 7.34. The lowest BCUT2D eigenvalue weighted by Crippen LogP contribution is -2.49. The molecule has 2 rings (SSSR count). The van der Waals surface area contributed by atoms with Crippen LogP contribution in [-0.2, 0) is 23.8 Å². The van der Waals surface area contributed by atoms with E-state index in [0.29, 0.717) is 19.4 Å². The number of likely N-dealkylation sites (tertiary alicyclic amines) is 1. The summed E-state index contributed by atoms with van der Waals surface area (Å²) in [7, 11) is 1.35. The lowest BCUT2D eigenvalue weighted by Gasteiger charge is -2.38. The third kappa shape index (κ3) is 7.89. The molecule has 0 aromatic heterocycles. The van der Waals surface area contributed by atoms with Crippen LogP contribution in [0, 0.1) is 0 Å². The summed E-state index contributed by atoms with van der Waals surface area (Å²) in [5.74, 6) is -1.34. The summed E-state index contributed by atoms with van der Waals surface area (Å²) in [5.41, 5.74) is 0.800. The number of unbranched alkanes of at least 4 members (excludes halogenated alkanes) is 4. The highest BCUT2D eigenvalue weighted by atomic mass is 16.7. The first-order chi connectivity index (χ1) is 15.1. The topological polar surface area (TPSA) is 82.1 Å². The normalized spacial score (nSPS) is 17.0. The Hall–Kier alpha value is -2.57. The molecule has 1 aliphatic rings. The number of esters is 2. The second-order valence-corrected chi connectivity index (χ2v) is 7.88. The molecule has 0 aliphatic carbocycles. The maximum Gasteiger partial charge on any atom is 0.412 e. The van der Waals surface area contributed by atoms with Crippen LogP contribution in [0.1, 0.15) is 76.2 Å². The van der Waals surface area contributed by atoms with Crippen LogP contribution >= 0.6 is 0 Å². The van der Waals surface area contributed by atoms with Crippen LogP contribution in [0.3, 0.4) is 0 Å². The molecule has 1 heterocycles. The molecule has 0 saturated carbocycles. The van der Waals surface area contributed by atoms with Gasteiger partial charge < -0.3 is 19.1 Å². The second kappa shape index (κ2) is 13.7. The molecule has 0 bridgehead atoms. The maximum absolute atomic E-state index is 12.7. The minimum Gasteiger partial charge on any atom is -0.468 e. The van der Waals surface area contributed by atoms with E-state index >= 15 is 0 Å². The van der Waals surface area contributed by atoms with Crippen LogP contribution in [0.15, 0.2) is 30.3 Å². The Morgan fingerprint density at radius 3 is 2.48 bits per heavy atom. The van der Waals surface area contributed by atoms with E-state index in [2.05, 4.69) is 6.92 Å². The van der Waals surface area contributed by atoms with E-state index < -0.39 is 18.8 Å². The van der Waals surface area contributed by atoms with Crippen molar-refractivity contribution in [2.45, 2.75) is 76.7 Å². The van der Waals surface area contributed by atoms with Gasteiger partial charge in [0.25, 0.3) is 0 Å².